The number of aliphatic hydroxyl groups is 2. The molecule has 0 aliphatic carbocycles. The van der Waals surface area contributed by atoms with Crippen LogP contribution in [0.5, 0.6) is 0 Å². The van der Waals surface area contributed by atoms with Gasteiger partial charge in [0.1, 0.15) is 0 Å². The van der Waals surface area contributed by atoms with Gasteiger partial charge in [0.05, 0.1) is 19.3 Å². The van der Waals surface area contributed by atoms with Crippen LogP contribution in [0.25, 0.3) is 0 Å². The van der Waals surface area contributed by atoms with Crippen LogP contribution in [0.2, 0.25) is 0 Å². The maximum atomic E-state index is 11.8. The Bertz CT molecular complexity index is 388. The molecule has 1 aromatic carbocycles. The second-order valence-corrected chi connectivity index (χ2v) is 5.36. The van der Waals surface area contributed by atoms with Crippen LogP contribution in [0.15, 0.2) is 24.3 Å². The molecule has 1 amide bonds. The number of benzene rings is 1. The van der Waals surface area contributed by atoms with E-state index in [0.717, 1.165) is 5.56 Å². The third kappa shape index (κ3) is 3.82. The number of amides is 1. The minimum atomic E-state index is -0.611. The van der Waals surface area contributed by atoms with Gasteiger partial charge in [0.25, 0.3) is 5.91 Å². The van der Waals surface area contributed by atoms with Gasteiger partial charge in [-0.1, -0.05) is 32.9 Å². The molecule has 4 nitrogen and oxygen atoms in total. The summed E-state index contributed by atoms with van der Waals surface area (Å²) in [4.78, 5) is 11.8. The Kier molecular flexibility index (Phi) is 4.87. The van der Waals surface area contributed by atoms with Gasteiger partial charge in [-0.25, -0.2) is 0 Å². The number of nitrogens with one attached hydrogen (secondary N) is 1. The first kappa shape index (κ1) is 14.7. The third-order valence-corrected chi connectivity index (χ3v) is 2.79. The van der Waals surface area contributed by atoms with E-state index in [-0.39, 0.29) is 24.5 Å². The van der Waals surface area contributed by atoms with E-state index < -0.39 is 6.04 Å². The van der Waals surface area contributed by atoms with Crippen LogP contribution < -0.4 is 5.32 Å². The molecule has 0 saturated carbocycles. The molecule has 0 aliphatic rings. The first-order valence-corrected chi connectivity index (χ1v) is 6.01. The molecule has 3 N–H and O–H groups in total. The monoisotopic (exact) mass is 251 g/mol. The zero-order chi connectivity index (χ0) is 13.8. The molecule has 1 rings (SSSR count). The van der Waals surface area contributed by atoms with Crippen molar-refractivity contribution in [1.82, 2.24) is 5.32 Å². The summed E-state index contributed by atoms with van der Waals surface area (Å²) in [6.07, 6.45) is 0. The minimum absolute atomic E-state index is 0.0493. The highest BCUT2D eigenvalue weighted by atomic mass is 16.3. The molecule has 0 atom stereocenters. The Balaban J connectivity index is 2.76. The second-order valence-electron chi connectivity index (χ2n) is 5.36. The smallest absolute Gasteiger partial charge is 0.251 e. The highest BCUT2D eigenvalue weighted by Crippen LogP contribution is 2.22. The molecule has 0 saturated heterocycles. The number of carbonyl (C=O) groups is 1. The highest BCUT2D eigenvalue weighted by molar-refractivity contribution is 5.94. The van der Waals surface area contributed by atoms with Gasteiger partial charge in [0.15, 0.2) is 0 Å². The van der Waals surface area contributed by atoms with E-state index in [1.807, 2.05) is 12.1 Å². The van der Waals surface area contributed by atoms with E-state index >= 15 is 0 Å². The fraction of sp³-hybridized carbons (Fsp3) is 0.500. The van der Waals surface area contributed by atoms with Gasteiger partial charge in [-0.3, -0.25) is 4.79 Å². The SMILES string of the molecule is CC(C)(C)c1ccc(C(=O)NC(CO)CO)cc1. The summed E-state index contributed by atoms with van der Waals surface area (Å²) in [5.41, 5.74) is 1.73. The number of hydrogen-bond acceptors (Lipinski definition) is 3. The van der Waals surface area contributed by atoms with Gasteiger partial charge in [-0.2, -0.15) is 0 Å². The van der Waals surface area contributed by atoms with Crippen molar-refractivity contribution in [3.05, 3.63) is 35.4 Å². The van der Waals surface area contributed by atoms with E-state index in [1.54, 1.807) is 12.1 Å². The standard InChI is InChI=1S/C14H21NO3/c1-14(2,3)11-6-4-10(5-7-11)13(18)15-12(8-16)9-17/h4-7,12,16-17H,8-9H2,1-3H3,(H,15,18). The summed E-state index contributed by atoms with van der Waals surface area (Å²) in [5, 5.41) is 20.3. The van der Waals surface area contributed by atoms with E-state index in [0.29, 0.717) is 5.56 Å². The van der Waals surface area contributed by atoms with Crippen LogP contribution in [0.3, 0.4) is 0 Å². The summed E-state index contributed by atoms with van der Waals surface area (Å²) in [6.45, 7) is 5.77. The molecule has 0 bridgehead atoms. The van der Waals surface area contributed by atoms with Crippen molar-refractivity contribution < 1.29 is 15.0 Å². The molecule has 1 aromatic rings. The second kappa shape index (κ2) is 5.98. The van der Waals surface area contributed by atoms with Crippen molar-refractivity contribution >= 4 is 5.91 Å². The van der Waals surface area contributed by atoms with Crippen LogP contribution in [0.1, 0.15) is 36.7 Å². The molecule has 0 unspecified atom stereocenters. The largest absolute Gasteiger partial charge is 0.394 e. The summed E-state index contributed by atoms with van der Waals surface area (Å²) in [7, 11) is 0. The van der Waals surface area contributed by atoms with Gasteiger partial charge >= 0.3 is 0 Å². The third-order valence-electron chi connectivity index (χ3n) is 2.79. The van der Waals surface area contributed by atoms with E-state index in [1.165, 1.54) is 0 Å². The number of hydrogen-bond donors (Lipinski definition) is 3. The fourth-order valence-electron chi connectivity index (χ4n) is 1.54. The first-order valence-electron chi connectivity index (χ1n) is 6.01. The Morgan fingerprint density at radius 3 is 2.06 bits per heavy atom. The van der Waals surface area contributed by atoms with Crippen LogP contribution in [0.4, 0.5) is 0 Å². The summed E-state index contributed by atoms with van der Waals surface area (Å²) in [6, 6.07) is 6.73. The maximum absolute atomic E-state index is 11.8. The van der Waals surface area contributed by atoms with E-state index in [9.17, 15) is 4.79 Å². The van der Waals surface area contributed by atoms with Crippen molar-refractivity contribution in [3.63, 3.8) is 0 Å². The summed E-state index contributed by atoms with van der Waals surface area (Å²) < 4.78 is 0. The molecule has 0 heterocycles. The van der Waals surface area contributed by atoms with Crippen molar-refractivity contribution in [2.75, 3.05) is 13.2 Å². The average Bonchev–Trinajstić information content (AvgIpc) is 2.34. The molecule has 0 fully saturated rings. The Labute approximate surface area is 108 Å². The summed E-state index contributed by atoms with van der Waals surface area (Å²) in [5.74, 6) is -0.288. The molecule has 100 valence electrons. The first-order chi connectivity index (χ1) is 8.38. The van der Waals surface area contributed by atoms with Crippen molar-refractivity contribution in [2.24, 2.45) is 0 Å². The highest BCUT2D eigenvalue weighted by Gasteiger charge is 2.15. The lowest BCUT2D eigenvalue weighted by Gasteiger charge is -2.19. The molecule has 0 aromatic heterocycles. The lowest BCUT2D eigenvalue weighted by Crippen LogP contribution is -2.40. The van der Waals surface area contributed by atoms with Crippen molar-refractivity contribution in [2.45, 2.75) is 32.2 Å². The van der Waals surface area contributed by atoms with Gasteiger partial charge in [-0.15, -0.1) is 0 Å². The molecule has 0 spiro atoms. The molecule has 18 heavy (non-hydrogen) atoms. The molecule has 4 heteroatoms. The quantitative estimate of drug-likeness (QED) is 0.749. The summed E-state index contributed by atoms with van der Waals surface area (Å²) >= 11 is 0. The topological polar surface area (TPSA) is 69.6 Å². The van der Waals surface area contributed by atoms with Crippen LogP contribution in [-0.4, -0.2) is 35.4 Å². The normalized spacial score (nSPS) is 11.7. The molecular weight excluding hydrogens is 230 g/mol. The molecule has 0 aliphatic heterocycles. The van der Waals surface area contributed by atoms with Crippen LogP contribution >= 0.6 is 0 Å². The maximum Gasteiger partial charge on any atom is 0.251 e. The average molecular weight is 251 g/mol. The zero-order valence-electron chi connectivity index (χ0n) is 11.1. The molecular formula is C14H21NO3. The van der Waals surface area contributed by atoms with Crippen molar-refractivity contribution in [1.29, 1.82) is 0 Å². The van der Waals surface area contributed by atoms with Gasteiger partial charge in [-0.05, 0) is 23.1 Å². The Hall–Kier alpha value is -1.39. The Morgan fingerprint density at radius 2 is 1.67 bits per heavy atom. The van der Waals surface area contributed by atoms with Crippen LogP contribution in [-0.2, 0) is 5.41 Å². The lowest BCUT2D eigenvalue weighted by atomic mass is 9.86. The number of rotatable bonds is 4. The predicted molar refractivity (Wildman–Crippen MR) is 70.6 cm³/mol. The Morgan fingerprint density at radius 1 is 1.17 bits per heavy atom. The number of aliphatic hydroxyl groups excluding tert-OH is 2. The van der Waals surface area contributed by atoms with Crippen LogP contribution in [0, 0.1) is 0 Å². The van der Waals surface area contributed by atoms with Crippen molar-refractivity contribution in [3.8, 4) is 0 Å². The van der Waals surface area contributed by atoms with Gasteiger partial charge in [0, 0.05) is 5.56 Å². The minimum Gasteiger partial charge on any atom is -0.394 e. The lowest BCUT2D eigenvalue weighted by molar-refractivity contribution is 0.0879. The van der Waals surface area contributed by atoms with E-state index in [2.05, 4.69) is 26.1 Å². The van der Waals surface area contributed by atoms with Gasteiger partial charge in [0.2, 0.25) is 0 Å². The van der Waals surface area contributed by atoms with Gasteiger partial charge < -0.3 is 15.5 Å². The van der Waals surface area contributed by atoms with E-state index in [4.69, 9.17) is 10.2 Å². The fourth-order valence-corrected chi connectivity index (χ4v) is 1.54. The zero-order valence-corrected chi connectivity index (χ0v) is 11.1. The predicted octanol–water partition coefficient (Wildman–Crippen LogP) is 1.07. The number of carbonyl (C=O) groups excluding carboxylic acids is 1. The molecule has 0 radical (unpaired) electrons.